The maximum atomic E-state index is 13.4. The fraction of sp³-hybridized carbons (Fsp3) is 0.333. The molecule has 1 fully saturated rings. The molecule has 1 atom stereocenters. The minimum atomic E-state index is -0.277. The number of aryl methyl sites for hydroxylation is 1. The average Bonchev–Trinajstić information content (AvgIpc) is 3.48. The van der Waals surface area contributed by atoms with Crippen LogP contribution in [0.25, 0.3) is 0 Å². The van der Waals surface area contributed by atoms with Gasteiger partial charge in [0.05, 0.1) is 12.3 Å². The largest absolute Gasteiger partial charge is 0.353 e. The highest BCUT2D eigenvalue weighted by molar-refractivity contribution is 6.03. The van der Waals surface area contributed by atoms with Gasteiger partial charge in [-0.3, -0.25) is 14.6 Å². The van der Waals surface area contributed by atoms with Gasteiger partial charge >= 0.3 is 0 Å². The molecular formula is C27H30FN5O. The molecule has 0 aliphatic carbocycles. The molecule has 3 heterocycles. The highest BCUT2D eigenvalue weighted by Crippen LogP contribution is 2.33. The van der Waals surface area contributed by atoms with Crippen molar-refractivity contribution >= 4 is 11.6 Å². The van der Waals surface area contributed by atoms with Gasteiger partial charge in [0.25, 0.3) is 5.91 Å². The Morgan fingerprint density at radius 1 is 0.941 bits per heavy atom. The quantitative estimate of drug-likeness (QED) is 0.565. The Hall–Kier alpha value is -3.29. The van der Waals surface area contributed by atoms with Gasteiger partial charge in [0.2, 0.25) is 0 Å². The molecule has 5 rings (SSSR count). The van der Waals surface area contributed by atoms with Gasteiger partial charge in [-0.1, -0.05) is 42.5 Å². The van der Waals surface area contributed by atoms with E-state index in [9.17, 15) is 9.18 Å². The Morgan fingerprint density at radius 3 is 2.32 bits per heavy atom. The van der Waals surface area contributed by atoms with E-state index in [-0.39, 0.29) is 17.8 Å². The Labute approximate surface area is 199 Å². The monoisotopic (exact) mass is 459 g/mol. The molecule has 2 aliphatic heterocycles. The second-order valence-electron chi connectivity index (χ2n) is 9.09. The molecule has 0 saturated carbocycles. The van der Waals surface area contributed by atoms with Crippen molar-refractivity contribution in [3.8, 4) is 0 Å². The molecule has 6 nitrogen and oxygen atoms in total. The van der Waals surface area contributed by atoms with E-state index in [2.05, 4.69) is 34.1 Å². The summed E-state index contributed by atoms with van der Waals surface area (Å²) in [4.78, 5) is 18.1. The van der Waals surface area contributed by atoms with Gasteiger partial charge in [-0.2, -0.15) is 5.10 Å². The lowest BCUT2D eigenvalue weighted by atomic mass is 10.0. The number of nitrogens with zero attached hydrogens (tertiary/aromatic N) is 5. The zero-order valence-corrected chi connectivity index (χ0v) is 19.5. The van der Waals surface area contributed by atoms with E-state index in [0.29, 0.717) is 13.0 Å². The lowest BCUT2D eigenvalue weighted by Crippen LogP contribution is -2.49. The van der Waals surface area contributed by atoms with Gasteiger partial charge in [0.15, 0.2) is 0 Å². The summed E-state index contributed by atoms with van der Waals surface area (Å²) >= 11 is 0. The number of aromatic nitrogens is 1. The number of carbonyl (C=O) groups is 1. The molecule has 0 unspecified atom stereocenters. The van der Waals surface area contributed by atoms with E-state index in [0.717, 1.165) is 49.7 Å². The molecule has 176 valence electrons. The van der Waals surface area contributed by atoms with Crippen molar-refractivity contribution in [1.29, 1.82) is 0 Å². The number of hydrogen-bond donors (Lipinski definition) is 0. The first-order chi connectivity index (χ1) is 16.6. The molecule has 0 bridgehead atoms. The van der Waals surface area contributed by atoms with Crippen LogP contribution < -0.4 is 0 Å². The van der Waals surface area contributed by atoms with Crippen LogP contribution in [0.5, 0.6) is 0 Å². The predicted molar refractivity (Wildman–Crippen MR) is 131 cm³/mol. The Morgan fingerprint density at radius 2 is 1.65 bits per heavy atom. The topological polar surface area (TPSA) is 44.1 Å². The summed E-state index contributed by atoms with van der Waals surface area (Å²) in [6, 6.07) is 20.7. The Balaban J connectivity index is 1.26. The molecule has 1 aromatic heterocycles. The molecular weight excluding hydrogens is 429 g/mol. The summed E-state index contributed by atoms with van der Waals surface area (Å²) in [7, 11) is 1.99. The highest BCUT2D eigenvalue weighted by atomic mass is 19.1. The van der Waals surface area contributed by atoms with Gasteiger partial charge < -0.3 is 4.57 Å². The minimum absolute atomic E-state index is 0.000166. The zero-order valence-electron chi connectivity index (χ0n) is 19.5. The molecule has 0 radical (unpaired) electrons. The third-order valence-corrected chi connectivity index (χ3v) is 6.74. The smallest absolute Gasteiger partial charge is 0.257 e. The highest BCUT2D eigenvalue weighted by Gasteiger charge is 2.35. The van der Waals surface area contributed by atoms with Crippen LogP contribution in [0.1, 0.15) is 29.3 Å². The normalized spacial score (nSPS) is 19.4. The minimum Gasteiger partial charge on any atom is -0.353 e. The van der Waals surface area contributed by atoms with E-state index in [1.807, 2.05) is 36.0 Å². The second kappa shape index (κ2) is 9.91. The van der Waals surface area contributed by atoms with E-state index in [1.54, 1.807) is 17.1 Å². The number of carbonyl (C=O) groups excluding carboxylic acids is 1. The Bertz CT molecular complexity index is 1150. The molecule has 3 aromatic rings. The van der Waals surface area contributed by atoms with Gasteiger partial charge in [-0.05, 0) is 35.4 Å². The third-order valence-electron chi connectivity index (χ3n) is 6.74. The van der Waals surface area contributed by atoms with Crippen LogP contribution in [0.4, 0.5) is 4.39 Å². The van der Waals surface area contributed by atoms with Crippen molar-refractivity contribution in [2.75, 3.05) is 32.7 Å². The fourth-order valence-electron chi connectivity index (χ4n) is 4.82. The molecule has 0 spiro atoms. The number of hydrogen-bond acceptors (Lipinski definition) is 4. The maximum absolute atomic E-state index is 13.4. The average molecular weight is 460 g/mol. The van der Waals surface area contributed by atoms with E-state index < -0.39 is 0 Å². The number of rotatable bonds is 6. The van der Waals surface area contributed by atoms with Gasteiger partial charge in [-0.25, -0.2) is 9.40 Å². The maximum Gasteiger partial charge on any atom is 0.257 e. The molecule has 1 saturated heterocycles. The molecule has 0 N–H and O–H groups in total. The van der Waals surface area contributed by atoms with Crippen molar-refractivity contribution in [2.45, 2.75) is 19.0 Å². The van der Waals surface area contributed by atoms with Crippen molar-refractivity contribution < 1.29 is 9.18 Å². The van der Waals surface area contributed by atoms with Crippen molar-refractivity contribution in [1.82, 2.24) is 19.4 Å². The van der Waals surface area contributed by atoms with Crippen LogP contribution in [0.2, 0.25) is 0 Å². The number of halogens is 1. The summed E-state index contributed by atoms with van der Waals surface area (Å²) in [5.41, 5.74) is 4.02. The molecule has 2 aromatic carbocycles. The van der Waals surface area contributed by atoms with E-state index in [1.165, 1.54) is 17.7 Å². The summed E-state index contributed by atoms with van der Waals surface area (Å²) in [5.74, 6) is -0.277. The van der Waals surface area contributed by atoms with Crippen molar-refractivity contribution in [3.63, 3.8) is 0 Å². The van der Waals surface area contributed by atoms with Crippen molar-refractivity contribution in [3.05, 3.63) is 95.6 Å². The van der Waals surface area contributed by atoms with Gasteiger partial charge in [0, 0.05) is 58.1 Å². The number of piperazine rings is 1. The summed E-state index contributed by atoms with van der Waals surface area (Å²) in [6.07, 6.45) is 2.60. The first kappa shape index (κ1) is 22.5. The van der Waals surface area contributed by atoms with E-state index in [4.69, 9.17) is 5.10 Å². The molecule has 1 amide bonds. The van der Waals surface area contributed by atoms with Crippen LogP contribution in [0, 0.1) is 5.82 Å². The summed E-state index contributed by atoms with van der Waals surface area (Å²) in [5, 5.41) is 6.37. The number of hydrazone groups is 1. The lowest BCUT2D eigenvalue weighted by molar-refractivity contribution is -0.134. The van der Waals surface area contributed by atoms with Crippen LogP contribution in [-0.4, -0.2) is 63.7 Å². The predicted octanol–water partition coefficient (Wildman–Crippen LogP) is 3.66. The SMILES string of the molecule is Cn1cccc1[C@H]1CC(c2ccc(F)cc2)=NN1C(=O)CN1CCN(Cc2ccccc2)CC1. The summed E-state index contributed by atoms with van der Waals surface area (Å²) < 4.78 is 15.5. The van der Waals surface area contributed by atoms with Crippen LogP contribution in [0.15, 0.2) is 78.0 Å². The number of benzene rings is 2. The second-order valence-corrected chi connectivity index (χ2v) is 9.09. The first-order valence-electron chi connectivity index (χ1n) is 11.8. The molecule has 34 heavy (non-hydrogen) atoms. The van der Waals surface area contributed by atoms with Gasteiger partial charge in [0.1, 0.15) is 11.9 Å². The van der Waals surface area contributed by atoms with Crippen LogP contribution in [0.3, 0.4) is 0 Å². The molecule has 2 aliphatic rings. The van der Waals surface area contributed by atoms with Crippen LogP contribution in [-0.2, 0) is 18.4 Å². The fourth-order valence-corrected chi connectivity index (χ4v) is 4.82. The molecule has 7 heteroatoms. The summed E-state index contributed by atoms with van der Waals surface area (Å²) in [6.45, 7) is 4.88. The standard InChI is InChI=1S/C27H30FN5O/c1-30-13-5-8-25(30)26-18-24(22-9-11-23(28)12-10-22)29-33(26)27(34)20-32-16-14-31(15-17-32)19-21-6-3-2-4-7-21/h2-13,26H,14-20H2,1H3/t26-/m1/s1. The number of amides is 1. The Kier molecular flexibility index (Phi) is 6.56. The van der Waals surface area contributed by atoms with Crippen molar-refractivity contribution in [2.24, 2.45) is 12.1 Å². The van der Waals surface area contributed by atoms with Crippen LogP contribution >= 0.6 is 0 Å². The lowest BCUT2D eigenvalue weighted by Gasteiger charge is -2.35. The third kappa shape index (κ3) is 4.95. The zero-order chi connectivity index (χ0) is 23.5. The van der Waals surface area contributed by atoms with E-state index >= 15 is 0 Å². The first-order valence-corrected chi connectivity index (χ1v) is 11.8. The van der Waals surface area contributed by atoms with Gasteiger partial charge in [-0.15, -0.1) is 0 Å².